The topological polar surface area (TPSA) is 61.2 Å². The van der Waals surface area contributed by atoms with Crippen LogP contribution >= 0.6 is 0 Å². The molecule has 3 heterocycles. The van der Waals surface area contributed by atoms with Crippen LogP contribution in [0.25, 0.3) is 5.70 Å². The Labute approximate surface area is 190 Å². The van der Waals surface area contributed by atoms with Crippen LogP contribution in [0.1, 0.15) is 34.4 Å². The van der Waals surface area contributed by atoms with Crippen molar-refractivity contribution in [3.63, 3.8) is 0 Å². The van der Waals surface area contributed by atoms with Crippen LogP contribution in [-0.4, -0.2) is 21.9 Å². The van der Waals surface area contributed by atoms with E-state index < -0.39 is 0 Å². The average Bonchev–Trinajstić information content (AvgIpc) is 3.31. The Bertz CT molecular complexity index is 1380. The van der Waals surface area contributed by atoms with Crippen LogP contribution in [0, 0.1) is 12.7 Å². The second-order valence-electron chi connectivity index (χ2n) is 8.21. The second kappa shape index (κ2) is 7.48. The maximum Gasteiger partial charge on any atom is 0.226 e. The van der Waals surface area contributed by atoms with Gasteiger partial charge < -0.3 is 14.8 Å². The predicted octanol–water partition coefficient (Wildman–Crippen LogP) is 5.29. The number of benzene rings is 3. The quantitative estimate of drug-likeness (QED) is 0.469. The normalized spacial score (nSPS) is 18.5. The molecule has 4 aromatic rings. The summed E-state index contributed by atoms with van der Waals surface area (Å²) in [5, 5.41) is 7.96. The van der Waals surface area contributed by atoms with Crippen LogP contribution in [0.5, 0.6) is 11.5 Å². The van der Waals surface area contributed by atoms with Gasteiger partial charge in [-0.2, -0.15) is 10.1 Å². The molecule has 0 bridgehead atoms. The highest BCUT2D eigenvalue weighted by Gasteiger charge is 2.41. The fourth-order valence-electron chi connectivity index (χ4n) is 4.56. The maximum absolute atomic E-state index is 13.8. The molecule has 2 atom stereocenters. The number of hydrogen-bond acceptors (Lipinski definition) is 5. The minimum absolute atomic E-state index is 0.286. The third kappa shape index (κ3) is 3.16. The first-order chi connectivity index (χ1) is 16.1. The van der Waals surface area contributed by atoms with Gasteiger partial charge in [0.2, 0.25) is 5.95 Å². The van der Waals surface area contributed by atoms with Crippen molar-refractivity contribution < 1.29 is 13.9 Å². The number of anilines is 1. The summed E-state index contributed by atoms with van der Waals surface area (Å²) in [6.45, 7) is 2.06. The highest BCUT2D eigenvalue weighted by Crippen LogP contribution is 2.51. The summed E-state index contributed by atoms with van der Waals surface area (Å²) in [6, 6.07) is 20.3. The van der Waals surface area contributed by atoms with Crippen molar-refractivity contribution in [2.24, 2.45) is 0 Å². The number of nitrogens with zero attached hydrogens (tertiary/aromatic N) is 3. The highest BCUT2D eigenvalue weighted by atomic mass is 19.1. The molecule has 3 aromatic carbocycles. The van der Waals surface area contributed by atoms with E-state index in [1.165, 1.54) is 24.0 Å². The first-order valence-corrected chi connectivity index (χ1v) is 10.7. The molecule has 2 unspecified atom stereocenters. The van der Waals surface area contributed by atoms with Crippen molar-refractivity contribution in [3.8, 4) is 11.5 Å². The van der Waals surface area contributed by atoms with E-state index in [1.54, 1.807) is 19.2 Å². The van der Waals surface area contributed by atoms with Crippen molar-refractivity contribution in [2.75, 3.05) is 12.4 Å². The molecule has 6 nitrogen and oxygen atoms in total. The summed E-state index contributed by atoms with van der Waals surface area (Å²) in [5.74, 6) is 1.80. The summed E-state index contributed by atoms with van der Waals surface area (Å²) in [5.41, 5.74) is 5.84. The van der Waals surface area contributed by atoms with Crippen molar-refractivity contribution in [1.29, 1.82) is 0 Å². The molecule has 1 aromatic heterocycles. The summed E-state index contributed by atoms with van der Waals surface area (Å²) in [4.78, 5) is 4.43. The monoisotopic (exact) mass is 440 g/mol. The minimum atomic E-state index is -0.374. The summed E-state index contributed by atoms with van der Waals surface area (Å²) >= 11 is 0. The standard InChI is InChI=1S/C26H21FN4O2/c1-15-3-5-17(6-4-15)25-22-23(20-13-19(32-2)11-12-21(20)33-25)30-26-28-14-29-31(26)24(22)16-7-9-18(27)10-8-16/h3-14,24-25H,1-2H3,(H,28,29,30). The molecule has 0 spiro atoms. The Hall–Kier alpha value is -4.13. The van der Waals surface area contributed by atoms with Crippen LogP contribution in [0.15, 0.2) is 78.6 Å². The number of methoxy groups -OCH3 is 1. The molecule has 0 amide bonds. The molecule has 0 radical (unpaired) electrons. The zero-order valence-corrected chi connectivity index (χ0v) is 18.1. The van der Waals surface area contributed by atoms with Crippen LogP contribution in [0.4, 0.5) is 10.3 Å². The van der Waals surface area contributed by atoms with Crippen LogP contribution in [0.3, 0.4) is 0 Å². The highest BCUT2D eigenvalue weighted by molar-refractivity contribution is 5.85. The fraction of sp³-hybridized carbons (Fsp3) is 0.154. The zero-order chi connectivity index (χ0) is 22.5. The van der Waals surface area contributed by atoms with Gasteiger partial charge in [-0.3, -0.25) is 0 Å². The fourth-order valence-corrected chi connectivity index (χ4v) is 4.56. The van der Waals surface area contributed by atoms with Gasteiger partial charge in [0, 0.05) is 11.1 Å². The Balaban J connectivity index is 1.62. The van der Waals surface area contributed by atoms with Gasteiger partial charge in [0.05, 0.1) is 12.8 Å². The van der Waals surface area contributed by atoms with Gasteiger partial charge >= 0.3 is 0 Å². The molecule has 0 aliphatic carbocycles. The number of halogens is 1. The van der Waals surface area contributed by atoms with Crippen molar-refractivity contribution >= 4 is 11.6 Å². The smallest absolute Gasteiger partial charge is 0.226 e. The van der Waals surface area contributed by atoms with E-state index in [-0.39, 0.29) is 18.0 Å². The van der Waals surface area contributed by atoms with Gasteiger partial charge in [0.15, 0.2) is 0 Å². The van der Waals surface area contributed by atoms with E-state index in [1.807, 2.05) is 22.9 Å². The van der Waals surface area contributed by atoms with E-state index >= 15 is 0 Å². The SMILES string of the molecule is COc1ccc2c(c1)C1=C(C(c3ccc(C)cc3)O2)C(c2ccc(F)cc2)n2ncnc2N1. The van der Waals surface area contributed by atoms with Gasteiger partial charge in [0.25, 0.3) is 0 Å². The first-order valence-electron chi connectivity index (χ1n) is 10.7. The lowest BCUT2D eigenvalue weighted by Gasteiger charge is -2.39. The minimum Gasteiger partial charge on any atom is -0.497 e. The Morgan fingerprint density at radius 1 is 1.00 bits per heavy atom. The van der Waals surface area contributed by atoms with Crippen LogP contribution in [-0.2, 0) is 0 Å². The predicted molar refractivity (Wildman–Crippen MR) is 123 cm³/mol. The number of aryl methyl sites for hydroxylation is 1. The molecular formula is C26H21FN4O2. The maximum atomic E-state index is 13.8. The number of ether oxygens (including phenoxy) is 2. The molecule has 0 saturated carbocycles. The lowest BCUT2D eigenvalue weighted by Crippen LogP contribution is -2.32. The van der Waals surface area contributed by atoms with Crippen LogP contribution in [0.2, 0.25) is 0 Å². The molecule has 164 valence electrons. The molecule has 7 heteroatoms. The Morgan fingerprint density at radius 3 is 2.52 bits per heavy atom. The van der Waals surface area contributed by atoms with Crippen molar-refractivity contribution in [1.82, 2.24) is 14.8 Å². The van der Waals surface area contributed by atoms with Gasteiger partial charge in [-0.15, -0.1) is 0 Å². The van der Waals surface area contributed by atoms with E-state index in [2.05, 4.69) is 46.6 Å². The summed E-state index contributed by atoms with van der Waals surface area (Å²) in [7, 11) is 1.64. The third-order valence-corrected chi connectivity index (χ3v) is 6.19. The number of rotatable bonds is 3. The van der Waals surface area contributed by atoms with Gasteiger partial charge in [-0.25, -0.2) is 9.07 Å². The van der Waals surface area contributed by atoms with Crippen molar-refractivity contribution in [2.45, 2.75) is 19.1 Å². The second-order valence-corrected chi connectivity index (χ2v) is 8.21. The number of nitrogens with one attached hydrogen (secondary N) is 1. The molecule has 33 heavy (non-hydrogen) atoms. The third-order valence-electron chi connectivity index (χ3n) is 6.19. The number of aromatic nitrogens is 3. The summed E-state index contributed by atoms with van der Waals surface area (Å²) < 4.78 is 27.7. The van der Waals surface area contributed by atoms with Crippen molar-refractivity contribution in [3.05, 3.63) is 107 Å². The molecule has 0 saturated heterocycles. The number of hydrogen-bond donors (Lipinski definition) is 1. The molecule has 1 N–H and O–H groups in total. The molecule has 2 aliphatic rings. The zero-order valence-electron chi connectivity index (χ0n) is 18.1. The van der Waals surface area contributed by atoms with Gasteiger partial charge in [-0.1, -0.05) is 42.0 Å². The molecule has 0 fully saturated rings. The van der Waals surface area contributed by atoms with Gasteiger partial charge in [-0.05, 0) is 48.4 Å². The van der Waals surface area contributed by atoms with Crippen LogP contribution < -0.4 is 14.8 Å². The largest absolute Gasteiger partial charge is 0.497 e. The Kier molecular flexibility index (Phi) is 4.43. The van der Waals surface area contributed by atoms with Gasteiger partial charge in [0.1, 0.15) is 35.8 Å². The summed E-state index contributed by atoms with van der Waals surface area (Å²) in [6.07, 6.45) is 1.15. The van der Waals surface area contributed by atoms with E-state index in [9.17, 15) is 4.39 Å². The first kappa shape index (κ1) is 19.5. The van der Waals surface area contributed by atoms with E-state index in [4.69, 9.17) is 9.47 Å². The van der Waals surface area contributed by atoms with E-state index in [0.717, 1.165) is 39.5 Å². The number of fused-ring (bicyclic) bond motifs is 3. The molecule has 6 rings (SSSR count). The lowest BCUT2D eigenvalue weighted by atomic mass is 9.84. The lowest BCUT2D eigenvalue weighted by molar-refractivity contribution is 0.222. The Morgan fingerprint density at radius 2 is 1.76 bits per heavy atom. The molecular weight excluding hydrogens is 419 g/mol. The average molecular weight is 440 g/mol. The van der Waals surface area contributed by atoms with E-state index in [0.29, 0.717) is 5.95 Å². The molecule has 2 aliphatic heterocycles.